The molecule has 0 saturated heterocycles. The van der Waals surface area contributed by atoms with Gasteiger partial charge in [-0.15, -0.1) is 0 Å². The number of rotatable bonds is 3. The zero-order valence-corrected chi connectivity index (χ0v) is 10.3. The van der Waals surface area contributed by atoms with Crippen LogP contribution in [0.1, 0.15) is 16.8 Å². The summed E-state index contributed by atoms with van der Waals surface area (Å²) in [5, 5.41) is 3.19. The number of anilines is 1. The summed E-state index contributed by atoms with van der Waals surface area (Å²) in [6.07, 6.45) is 0. The number of nitrogens with one attached hydrogen (secondary N) is 3. The smallest absolute Gasteiger partial charge is 0.325 e. The molecule has 0 atom stereocenters. The van der Waals surface area contributed by atoms with E-state index in [0.717, 1.165) is 11.3 Å². The van der Waals surface area contributed by atoms with Crippen molar-refractivity contribution in [3.05, 3.63) is 61.9 Å². The van der Waals surface area contributed by atoms with E-state index in [1.54, 1.807) is 0 Å². The van der Waals surface area contributed by atoms with Crippen molar-refractivity contribution in [1.29, 1.82) is 0 Å². The van der Waals surface area contributed by atoms with Crippen molar-refractivity contribution in [3.8, 4) is 0 Å². The predicted octanol–water partition coefficient (Wildman–Crippen LogP) is 1.29. The molecule has 1 aromatic heterocycles. The second-order valence-electron chi connectivity index (χ2n) is 4.28. The quantitative estimate of drug-likeness (QED) is 0.762. The van der Waals surface area contributed by atoms with Crippen molar-refractivity contribution in [2.24, 2.45) is 0 Å². The Labute approximate surface area is 104 Å². The third-order valence-electron chi connectivity index (χ3n) is 2.67. The lowest BCUT2D eigenvalue weighted by molar-refractivity contribution is 0.940. The van der Waals surface area contributed by atoms with Gasteiger partial charge in [0.1, 0.15) is 0 Å². The highest BCUT2D eigenvalue weighted by molar-refractivity contribution is 5.51. The minimum absolute atomic E-state index is 0.392. The van der Waals surface area contributed by atoms with Crippen molar-refractivity contribution in [1.82, 2.24) is 9.97 Å². The first-order valence-electron chi connectivity index (χ1n) is 5.68. The summed E-state index contributed by atoms with van der Waals surface area (Å²) in [5.41, 5.74) is 2.99. The van der Waals surface area contributed by atoms with Gasteiger partial charge in [-0.3, -0.25) is 9.78 Å². The van der Waals surface area contributed by atoms with Crippen LogP contribution in [0.3, 0.4) is 0 Å². The SMILES string of the molecule is Cc1ccc(NCc2cc(=O)[nH]c(=O)[nH]2)c(C)c1. The molecule has 1 aromatic carbocycles. The third kappa shape index (κ3) is 2.88. The fourth-order valence-corrected chi connectivity index (χ4v) is 1.82. The van der Waals surface area contributed by atoms with Gasteiger partial charge in [-0.1, -0.05) is 17.7 Å². The molecule has 5 nitrogen and oxygen atoms in total. The van der Waals surface area contributed by atoms with Crippen molar-refractivity contribution >= 4 is 5.69 Å². The van der Waals surface area contributed by atoms with E-state index in [9.17, 15) is 9.59 Å². The van der Waals surface area contributed by atoms with Crippen LogP contribution in [0.4, 0.5) is 5.69 Å². The molecule has 0 aliphatic heterocycles. The topological polar surface area (TPSA) is 77.8 Å². The minimum atomic E-state index is -0.486. The molecule has 0 bridgehead atoms. The molecule has 0 spiro atoms. The van der Waals surface area contributed by atoms with E-state index in [1.807, 2.05) is 26.0 Å². The Morgan fingerprint density at radius 3 is 2.56 bits per heavy atom. The second kappa shape index (κ2) is 4.91. The fraction of sp³-hybridized carbons (Fsp3) is 0.231. The van der Waals surface area contributed by atoms with Crippen LogP contribution in [0.5, 0.6) is 0 Å². The first-order valence-corrected chi connectivity index (χ1v) is 5.68. The number of aromatic amines is 2. The Morgan fingerprint density at radius 1 is 1.11 bits per heavy atom. The standard InChI is InChI=1S/C13H15N3O2/c1-8-3-4-11(9(2)5-8)14-7-10-6-12(17)16-13(18)15-10/h3-6,14H,7H2,1-2H3,(H2,15,16,17,18). The molecule has 5 heteroatoms. The summed E-state index contributed by atoms with van der Waals surface area (Å²) >= 11 is 0. The second-order valence-corrected chi connectivity index (χ2v) is 4.28. The van der Waals surface area contributed by atoms with Gasteiger partial charge in [0.05, 0.1) is 6.54 Å². The summed E-state index contributed by atoms with van der Waals surface area (Å²) in [6, 6.07) is 7.44. The Kier molecular flexibility index (Phi) is 3.32. The molecule has 2 aromatic rings. The number of hydrogen-bond donors (Lipinski definition) is 3. The van der Waals surface area contributed by atoms with E-state index >= 15 is 0 Å². The summed E-state index contributed by atoms with van der Waals surface area (Å²) in [6.45, 7) is 4.45. The lowest BCUT2D eigenvalue weighted by Crippen LogP contribution is -2.23. The van der Waals surface area contributed by atoms with Gasteiger partial charge in [-0.05, 0) is 25.5 Å². The van der Waals surface area contributed by atoms with Crippen LogP contribution in [0.25, 0.3) is 0 Å². The molecule has 94 valence electrons. The number of aromatic nitrogens is 2. The molecule has 0 saturated carbocycles. The molecule has 3 N–H and O–H groups in total. The van der Waals surface area contributed by atoms with E-state index in [-0.39, 0.29) is 0 Å². The zero-order valence-electron chi connectivity index (χ0n) is 10.3. The van der Waals surface area contributed by atoms with Crippen LogP contribution in [-0.4, -0.2) is 9.97 Å². The largest absolute Gasteiger partial charge is 0.379 e. The molecule has 0 amide bonds. The Hall–Kier alpha value is -2.30. The molecule has 0 aliphatic rings. The summed E-state index contributed by atoms with van der Waals surface area (Å²) in [7, 11) is 0. The van der Waals surface area contributed by atoms with Crippen LogP contribution in [0.15, 0.2) is 33.9 Å². The molecular weight excluding hydrogens is 230 g/mol. The molecule has 0 radical (unpaired) electrons. The van der Waals surface area contributed by atoms with E-state index in [0.29, 0.717) is 12.2 Å². The van der Waals surface area contributed by atoms with Gasteiger partial charge in [-0.25, -0.2) is 4.79 Å². The number of H-pyrrole nitrogens is 2. The van der Waals surface area contributed by atoms with Crippen molar-refractivity contribution < 1.29 is 0 Å². The predicted molar refractivity (Wildman–Crippen MR) is 70.9 cm³/mol. The normalized spacial score (nSPS) is 10.3. The van der Waals surface area contributed by atoms with Gasteiger partial charge in [0.2, 0.25) is 0 Å². The van der Waals surface area contributed by atoms with Crippen LogP contribution >= 0.6 is 0 Å². The first-order chi connectivity index (χ1) is 8.54. The van der Waals surface area contributed by atoms with Gasteiger partial charge in [0.15, 0.2) is 0 Å². The van der Waals surface area contributed by atoms with E-state index in [2.05, 4.69) is 21.4 Å². The average molecular weight is 245 g/mol. The van der Waals surface area contributed by atoms with Crippen LogP contribution < -0.4 is 16.6 Å². The Balaban J connectivity index is 2.16. The monoisotopic (exact) mass is 245 g/mol. The van der Waals surface area contributed by atoms with E-state index in [1.165, 1.54) is 11.6 Å². The molecule has 2 rings (SSSR count). The van der Waals surface area contributed by atoms with Crippen molar-refractivity contribution in [2.75, 3.05) is 5.32 Å². The molecule has 0 fully saturated rings. The zero-order chi connectivity index (χ0) is 13.1. The Morgan fingerprint density at radius 2 is 1.89 bits per heavy atom. The van der Waals surface area contributed by atoms with Crippen LogP contribution in [-0.2, 0) is 6.54 Å². The number of hydrogen-bond acceptors (Lipinski definition) is 3. The summed E-state index contributed by atoms with van der Waals surface area (Å²) < 4.78 is 0. The van der Waals surface area contributed by atoms with Crippen LogP contribution in [0.2, 0.25) is 0 Å². The van der Waals surface area contributed by atoms with Crippen molar-refractivity contribution in [2.45, 2.75) is 20.4 Å². The highest BCUT2D eigenvalue weighted by atomic mass is 16.2. The maximum absolute atomic E-state index is 11.1. The Bertz CT molecular complexity index is 642. The molecule has 0 aliphatic carbocycles. The van der Waals surface area contributed by atoms with Gasteiger partial charge >= 0.3 is 5.69 Å². The molecular formula is C13H15N3O2. The minimum Gasteiger partial charge on any atom is -0.379 e. The molecule has 0 unspecified atom stereocenters. The first kappa shape index (κ1) is 12.2. The highest BCUT2D eigenvalue weighted by Crippen LogP contribution is 2.16. The highest BCUT2D eigenvalue weighted by Gasteiger charge is 2.00. The summed E-state index contributed by atoms with van der Waals surface area (Å²) in [5.74, 6) is 0. The van der Waals surface area contributed by atoms with E-state index in [4.69, 9.17) is 0 Å². The lowest BCUT2D eigenvalue weighted by atomic mass is 10.1. The third-order valence-corrected chi connectivity index (χ3v) is 2.67. The van der Waals surface area contributed by atoms with Gasteiger partial charge in [-0.2, -0.15) is 0 Å². The van der Waals surface area contributed by atoms with Gasteiger partial charge < -0.3 is 10.3 Å². The fourth-order valence-electron chi connectivity index (χ4n) is 1.82. The molecule has 1 heterocycles. The van der Waals surface area contributed by atoms with Crippen molar-refractivity contribution in [3.63, 3.8) is 0 Å². The lowest BCUT2D eigenvalue weighted by Gasteiger charge is -2.09. The maximum atomic E-state index is 11.1. The van der Waals surface area contributed by atoms with Crippen LogP contribution in [0, 0.1) is 13.8 Å². The van der Waals surface area contributed by atoms with Gasteiger partial charge in [0, 0.05) is 17.4 Å². The average Bonchev–Trinajstić information content (AvgIpc) is 2.26. The summed E-state index contributed by atoms with van der Waals surface area (Å²) in [4.78, 5) is 26.9. The number of benzene rings is 1. The maximum Gasteiger partial charge on any atom is 0.325 e. The number of aryl methyl sites for hydroxylation is 2. The van der Waals surface area contributed by atoms with Gasteiger partial charge in [0.25, 0.3) is 5.56 Å². The van der Waals surface area contributed by atoms with E-state index < -0.39 is 11.2 Å². The molecule has 18 heavy (non-hydrogen) atoms.